The molecule has 0 unspecified atom stereocenters. The van der Waals surface area contributed by atoms with Crippen molar-refractivity contribution in [2.45, 2.75) is 31.3 Å². The van der Waals surface area contributed by atoms with E-state index in [0.29, 0.717) is 25.5 Å². The van der Waals surface area contributed by atoms with E-state index < -0.39 is 6.10 Å². The SMILES string of the molecule is COc1ccc(O[C@@H](C)C(=O)NCC2(c3ccccc3)CCOCC2)cc1. The lowest BCUT2D eigenvalue weighted by Crippen LogP contribution is -2.47. The van der Waals surface area contributed by atoms with Gasteiger partial charge in [-0.3, -0.25) is 4.79 Å². The molecule has 2 aromatic rings. The van der Waals surface area contributed by atoms with Gasteiger partial charge in [0.1, 0.15) is 11.5 Å². The van der Waals surface area contributed by atoms with E-state index in [9.17, 15) is 4.79 Å². The van der Waals surface area contributed by atoms with Crippen LogP contribution in [0.5, 0.6) is 11.5 Å². The highest BCUT2D eigenvalue weighted by Crippen LogP contribution is 2.34. The van der Waals surface area contributed by atoms with E-state index in [0.717, 1.165) is 18.6 Å². The number of ether oxygens (including phenoxy) is 3. The predicted molar refractivity (Wildman–Crippen MR) is 104 cm³/mol. The lowest BCUT2D eigenvalue weighted by molar-refractivity contribution is -0.127. The molecule has 5 heteroatoms. The van der Waals surface area contributed by atoms with Crippen LogP contribution in [0.25, 0.3) is 0 Å². The Hall–Kier alpha value is -2.53. The van der Waals surface area contributed by atoms with E-state index in [1.807, 2.05) is 30.3 Å². The highest BCUT2D eigenvalue weighted by molar-refractivity contribution is 5.80. The van der Waals surface area contributed by atoms with Gasteiger partial charge in [-0.25, -0.2) is 0 Å². The molecule has 1 saturated heterocycles. The second-order valence-corrected chi connectivity index (χ2v) is 6.91. The zero-order chi connectivity index (χ0) is 19.1. The summed E-state index contributed by atoms with van der Waals surface area (Å²) in [6, 6.07) is 17.6. The van der Waals surface area contributed by atoms with Crippen molar-refractivity contribution >= 4 is 5.91 Å². The Kier molecular flexibility index (Phi) is 6.35. The molecule has 1 N–H and O–H groups in total. The van der Waals surface area contributed by atoms with Crippen molar-refractivity contribution in [1.29, 1.82) is 0 Å². The fraction of sp³-hybridized carbons (Fsp3) is 0.409. The van der Waals surface area contributed by atoms with E-state index in [-0.39, 0.29) is 11.3 Å². The summed E-state index contributed by atoms with van der Waals surface area (Å²) in [5.74, 6) is 1.28. The van der Waals surface area contributed by atoms with Crippen molar-refractivity contribution in [3.63, 3.8) is 0 Å². The maximum atomic E-state index is 12.6. The van der Waals surface area contributed by atoms with E-state index in [2.05, 4.69) is 17.4 Å². The third kappa shape index (κ3) is 4.80. The zero-order valence-electron chi connectivity index (χ0n) is 15.9. The molecule has 5 nitrogen and oxygen atoms in total. The fourth-order valence-corrected chi connectivity index (χ4v) is 3.43. The minimum absolute atomic E-state index is 0.0883. The topological polar surface area (TPSA) is 56.8 Å². The highest BCUT2D eigenvalue weighted by atomic mass is 16.5. The number of hydrogen-bond acceptors (Lipinski definition) is 4. The third-order valence-corrected chi connectivity index (χ3v) is 5.18. The summed E-state index contributed by atoms with van der Waals surface area (Å²) in [6.45, 7) is 3.76. The average molecular weight is 369 g/mol. The molecular weight excluding hydrogens is 342 g/mol. The van der Waals surface area contributed by atoms with Gasteiger partial charge in [-0.05, 0) is 49.6 Å². The Balaban J connectivity index is 1.61. The first-order valence-electron chi connectivity index (χ1n) is 9.35. The van der Waals surface area contributed by atoms with Gasteiger partial charge in [0.05, 0.1) is 7.11 Å². The molecule has 0 aromatic heterocycles. The van der Waals surface area contributed by atoms with Crippen LogP contribution in [0.2, 0.25) is 0 Å². The van der Waals surface area contributed by atoms with Crippen molar-refractivity contribution in [2.24, 2.45) is 0 Å². The molecule has 0 radical (unpaired) electrons. The van der Waals surface area contributed by atoms with Gasteiger partial charge in [0.15, 0.2) is 6.10 Å². The third-order valence-electron chi connectivity index (χ3n) is 5.18. The first-order chi connectivity index (χ1) is 13.1. The molecule has 1 atom stereocenters. The minimum Gasteiger partial charge on any atom is -0.497 e. The van der Waals surface area contributed by atoms with Crippen LogP contribution in [0.1, 0.15) is 25.3 Å². The van der Waals surface area contributed by atoms with Crippen LogP contribution in [0, 0.1) is 0 Å². The van der Waals surface area contributed by atoms with E-state index >= 15 is 0 Å². The van der Waals surface area contributed by atoms with Crippen LogP contribution < -0.4 is 14.8 Å². The van der Waals surface area contributed by atoms with E-state index in [1.54, 1.807) is 26.2 Å². The smallest absolute Gasteiger partial charge is 0.260 e. The summed E-state index contributed by atoms with van der Waals surface area (Å²) in [4.78, 5) is 12.6. The van der Waals surface area contributed by atoms with Gasteiger partial charge in [0.25, 0.3) is 5.91 Å². The molecule has 1 amide bonds. The Morgan fingerprint density at radius 2 is 1.70 bits per heavy atom. The Morgan fingerprint density at radius 1 is 1.07 bits per heavy atom. The highest BCUT2D eigenvalue weighted by Gasteiger charge is 2.35. The lowest BCUT2D eigenvalue weighted by Gasteiger charge is -2.38. The largest absolute Gasteiger partial charge is 0.497 e. The minimum atomic E-state index is -0.578. The first kappa shape index (κ1) is 19.2. The molecule has 27 heavy (non-hydrogen) atoms. The molecule has 3 rings (SSSR count). The number of amides is 1. The number of carbonyl (C=O) groups is 1. The zero-order valence-corrected chi connectivity index (χ0v) is 15.9. The monoisotopic (exact) mass is 369 g/mol. The number of rotatable bonds is 7. The number of methoxy groups -OCH3 is 1. The lowest BCUT2D eigenvalue weighted by atomic mass is 9.74. The normalized spacial score (nSPS) is 17.0. The van der Waals surface area contributed by atoms with Crippen LogP contribution in [0.4, 0.5) is 0 Å². The van der Waals surface area contributed by atoms with Gasteiger partial charge >= 0.3 is 0 Å². The summed E-state index contributed by atoms with van der Waals surface area (Å²) in [5.41, 5.74) is 1.16. The van der Waals surface area contributed by atoms with Gasteiger partial charge in [0, 0.05) is 25.2 Å². The first-order valence-corrected chi connectivity index (χ1v) is 9.35. The molecule has 1 heterocycles. The molecule has 0 aliphatic carbocycles. The molecule has 2 aromatic carbocycles. The summed E-state index contributed by atoms with van der Waals surface area (Å²) in [7, 11) is 1.62. The van der Waals surface area contributed by atoms with Gasteiger partial charge in [-0.15, -0.1) is 0 Å². The van der Waals surface area contributed by atoms with Gasteiger partial charge < -0.3 is 19.5 Å². The van der Waals surface area contributed by atoms with Crippen LogP contribution in [-0.2, 0) is 14.9 Å². The van der Waals surface area contributed by atoms with Crippen molar-refractivity contribution in [1.82, 2.24) is 5.32 Å². The van der Waals surface area contributed by atoms with Crippen molar-refractivity contribution in [3.8, 4) is 11.5 Å². The summed E-state index contributed by atoms with van der Waals surface area (Å²) in [5, 5.41) is 3.09. The van der Waals surface area contributed by atoms with E-state index in [1.165, 1.54) is 5.56 Å². The molecule has 1 aliphatic rings. The summed E-state index contributed by atoms with van der Waals surface area (Å²) >= 11 is 0. The molecule has 0 spiro atoms. The Bertz CT molecular complexity index is 724. The van der Waals surface area contributed by atoms with Crippen LogP contribution in [0.15, 0.2) is 54.6 Å². The summed E-state index contributed by atoms with van der Waals surface area (Å²) < 4.78 is 16.4. The molecular formula is C22H27NO4. The molecule has 1 fully saturated rings. The number of carbonyl (C=O) groups excluding carboxylic acids is 1. The molecule has 1 aliphatic heterocycles. The molecule has 0 saturated carbocycles. The van der Waals surface area contributed by atoms with Gasteiger partial charge in [0.2, 0.25) is 0 Å². The molecule has 0 bridgehead atoms. The Labute approximate surface area is 160 Å². The summed E-state index contributed by atoms with van der Waals surface area (Å²) in [6.07, 6.45) is 1.21. The van der Waals surface area contributed by atoms with Gasteiger partial charge in [-0.2, -0.15) is 0 Å². The second kappa shape index (κ2) is 8.91. The fourth-order valence-electron chi connectivity index (χ4n) is 3.43. The maximum Gasteiger partial charge on any atom is 0.260 e. The van der Waals surface area contributed by atoms with Crippen LogP contribution >= 0.6 is 0 Å². The predicted octanol–water partition coefficient (Wildman–Crippen LogP) is 3.33. The standard InChI is InChI=1S/C22H27NO4/c1-17(27-20-10-8-19(25-2)9-11-20)21(24)23-16-22(12-14-26-15-13-22)18-6-4-3-5-7-18/h3-11,17H,12-16H2,1-2H3,(H,23,24)/t17-/m0/s1. The van der Waals surface area contributed by atoms with Crippen molar-refractivity contribution in [2.75, 3.05) is 26.9 Å². The van der Waals surface area contributed by atoms with E-state index in [4.69, 9.17) is 14.2 Å². The van der Waals surface area contributed by atoms with Crippen LogP contribution in [-0.4, -0.2) is 38.9 Å². The second-order valence-electron chi connectivity index (χ2n) is 6.91. The van der Waals surface area contributed by atoms with Gasteiger partial charge in [-0.1, -0.05) is 30.3 Å². The number of hydrogen-bond donors (Lipinski definition) is 1. The van der Waals surface area contributed by atoms with Crippen molar-refractivity contribution < 1.29 is 19.0 Å². The quantitative estimate of drug-likeness (QED) is 0.813. The number of nitrogens with one attached hydrogen (secondary N) is 1. The molecule has 144 valence electrons. The maximum absolute atomic E-state index is 12.6. The Morgan fingerprint density at radius 3 is 2.33 bits per heavy atom. The average Bonchev–Trinajstić information content (AvgIpc) is 2.74. The number of benzene rings is 2. The van der Waals surface area contributed by atoms with Crippen LogP contribution in [0.3, 0.4) is 0 Å². The van der Waals surface area contributed by atoms with Crippen molar-refractivity contribution in [3.05, 3.63) is 60.2 Å².